The quantitative estimate of drug-likeness (QED) is 0.782. The normalized spacial score (nSPS) is 13.2. The van der Waals surface area contributed by atoms with E-state index in [1.54, 1.807) is 0 Å². The highest BCUT2D eigenvalue weighted by molar-refractivity contribution is 9.09. The van der Waals surface area contributed by atoms with Crippen LogP contribution in [-0.4, -0.2) is 14.6 Å². The van der Waals surface area contributed by atoms with Crippen molar-refractivity contribution >= 4 is 26.8 Å². The van der Waals surface area contributed by atoms with Gasteiger partial charge in [-0.05, 0) is 25.3 Å². The summed E-state index contributed by atoms with van der Waals surface area (Å²) >= 11 is 3.58. The zero-order chi connectivity index (χ0) is 11.5. The second-order valence-electron chi connectivity index (χ2n) is 4.26. The molecule has 1 unspecified atom stereocenters. The number of nitrogens with zero attached hydrogens (tertiary/aromatic N) is 2. The van der Waals surface area contributed by atoms with Crippen molar-refractivity contribution in [3.63, 3.8) is 0 Å². The number of benzene rings is 1. The lowest BCUT2D eigenvalue weighted by Crippen LogP contribution is -1.95. The number of alkyl halides is 1. The molecule has 1 aromatic heterocycles. The van der Waals surface area contributed by atoms with Crippen molar-refractivity contribution in [2.24, 2.45) is 7.05 Å². The molecule has 0 aliphatic rings. The summed E-state index contributed by atoms with van der Waals surface area (Å²) in [4.78, 5) is 0.600. The number of hydrogen-bond acceptors (Lipinski definition) is 1. The first-order valence-corrected chi connectivity index (χ1v) is 6.64. The van der Waals surface area contributed by atoms with Crippen LogP contribution in [0.4, 0.5) is 0 Å². The fraction of sp³-hybridized carbons (Fsp3) is 0.462. The maximum Gasteiger partial charge on any atom is 0.0703 e. The van der Waals surface area contributed by atoms with Crippen LogP contribution in [0.25, 0.3) is 10.9 Å². The van der Waals surface area contributed by atoms with Gasteiger partial charge in [-0.2, -0.15) is 5.10 Å². The second kappa shape index (κ2) is 5.00. The van der Waals surface area contributed by atoms with Crippen molar-refractivity contribution in [2.75, 3.05) is 0 Å². The molecule has 0 aliphatic carbocycles. The van der Waals surface area contributed by atoms with Gasteiger partial charge in [-0.15, -0.1) is 0 Å². The molecular formula is C13H17BrN2. The minimum Gasteiger partial charge on any atom is -0.268 e. The molecule has 1 heterocycles. The van der Waals surface area contributed by atoms with Crippen molar-refractivity contribution < 1.29 is 0 Å². The van der Waals surface area contributed by atoms with E-state index in [1.807, 2.05) is 11.7 Å². The van der Waals surface area contributed by atoms with Gasteiger partial charge in [0.2, 0.25) is 0 Å². The maximum atomic E-state index is 4.59. The molecule has 0 amide bonds. The van der Waals surface area contributed by atoms with Gasteiger partial charge in [0, 0.05) is 17.3 Å². The van der Waals surface area contributed by atoms with Gasteiger partial charge in [-0.3, -0.25) is 4.68 Å². The van der Waals surface area contributed by atoms with Gasteiger partial charge in [0.25, 0.3) is 0 Å². The maximum absolute atomic E-state index is 4.59. The second-order valence-corrected chi connectivity index (χ2v) is 5.82. The number of rotatable bonds is 4. The molecule has 0 saturated heterocycles. The van der Waals surface area contributed by atoms with Crippen molar-refractivity contribution in [1.82, 2.24) is 9.78 Å². The van der Waals surface area contributed by atoms with E-state index in [0.29, 0.717) is 4.83 Å². The van der Waals surface area contributed by atoms with Gasteiger partial charge in [0.1, 0.15) is 0 Å². The Balaban J connectivity index is 2.18. The third-order valence-corrected chi connectivity index (χ3v) is 3.31. The molecule has 86 valence electrons. The van der Waals surface area contributed by atoms with Gasteiger partial charge in [0.05, 0.1) is 11.2 Å². The first kappa shape index (κ1) is 11.6. The Morgan fingerprint density at radius 1 is 1.38 bits per heavy atom. The van der Waals surface area contributed by atoms with Crippen molar-refractivity contribution in [3.8, 4) is 0 Å². The fourth-order valence-electron chi connectivity index (χ4n) is 2.02. The van der Waals surface area contributed by atoms with Crippen LogP contribution in [0.2, 0.25) is 0 Å². The van der Waals surface area contributed by atoms with Crippen molar-refractivity contribution in [1.29, 1.82) is 0 Å². The third-order valence-electron chi connectivity index (χ3n) is 2.85. The highest BCUT2D eigenvalue weighted by Crippen LogP contribution is 2.19. The summed E-state index contributed by atoms with van der Waals surface area (Å²) in [6, 6.07) is 8.43. The molecule has 0 N–H and O–H groups in total. The van der Waals surface area contributed by atoms with Gasteiger partial charge >= 0.3 is 0 Å². The molecule has 0 saturated carbocycles. The zero-order valence-corrected chi connectivity index (χ0v) is 11.4. The summed E-state index contributed by atoms with van der Waals surface area (Å²) in [5.41, 5.74) is 2.45. The molecular weight excluding hydrogens is 264 g/mol. The van der Waals surface area contributed by atoms with Crippen LogP contribution in [0.15, 0.2) is 24.3 Å². The summed E-state index contributed by atoms with van der Waals surface area (Å²) in [6.07, 6.45) is 3.45. The van der Waals surface area contributed by atoms with E-state index in [1.165, 1.54) is 29.4 Å². The SMILES string of the molecule is CC(Br)CCCc1nn(C)c2ccccc12. The molecule has 2 rings (SSSR count). The van der Waals surface area contributed by atoms with Gasteiger partial charge in [0.15, 0.2) is 0 Å². The Kier molecular flexibility index (Phi) is 3.64. The minimum atomic E-state index is 0.600. The Labute approximate surface area is 105 Å². The number of hydrogen-bond donors (Lipinski definition) is 0. The number of para-hydroxylation sites is 1. The Hall–Kier alpha value is -0.830. The average Bonchev–Trinajstić information content (AvgIpc) is 2.57. The third kappa shape index (κ3) is 2.46. The van der Waals surface area contributed by atoms with E-state index in [-0.39, 0.29) is 0 Å². The molecule has 16 heavy (non-hydrogen) atoms. The lowest BCUT2D eigenvalue weighted by atomic mass is 10.1. The lowest BCUT2D eigenvalue weighted by Gasteiger charge is -2.01. The first-order valence-electron chi connectivity index (χ1n) is 5.73. The van der Waals surface area contributed by atoms with Crippen LogP contribution in [0.3, 0.4) is 0 Å². The summed E-state index contributed by atoms with van der Waals surface area (Å²) in [6.45, 7) is 2.19. The average molecular weight is 281 g/mol. The fourth-order valence-corrected chi connectivity index (χ4v) is 2.35. The Morgan fingerprint density at radius 2 is 2.12 bits per heavy atom. The van der Waals surface area contributed by atoms with Gasteiger partial charge in [-0.1, -0.05) is 41.1 Å². The number of fused-ring (bicyclic) bond motifs is 1. The van der Waals surface area contributed by atoms with Crippen LogP contribution < -0.4 is 0 Å². The van der Waals surface area contributed by atoms with Gasteiger partial charge < -0.3 is 0 Å². The highest BCUT2D eigenvalue weighted by atomic mass is 79.9. The molecule has 0 spiro atoms. The Morgan fingerprint density at radius 3 is 2.88 bits per heavy atom. The van der Waals surface area contributed by atoms with Crippen molar-refractivity contribution in [2.45, 2.75) is 31.0 Å². The summed E-state index contributed by atoms with van der Waals surface area (Å²) < 4.78 is 1.97. The van der Waals surface area contributed by atoms with Crippen LogP contribution >= 0.6 is 15.9 Å². The smallest absolute Gasteiger partial charge is 0.0703 e. The van der Waals surface area contributed by atoms with Crippen LogP contribution in [-0.2, 0) is 13.5 Å². The monoisotopic (exact) mass is 280 g/mol. The largest absolute Gasteiger partial charge is 0.268 e. The van der Waals surface area contributed by atoms with E-state index in [4.69, 9.17) is 0 Å². The van der Waals surface area contributed by atoms with Crippen LogP contribution in [0.1, 0.15) is 25.5 Å². The lowest BCUT2D eigenvalue weighted by molar-refractivity contribution is 0.700. The van der Waals surface area contributed by atoms with E-state index < -0.39 is 0 Å². The molecule has 3 heteroatoms. The zero-order valence-electron chi connectivity index (χ0n) is 9.78. The molecule has 1 aromatic carbocycles. The highest BCUT2D eigenvalue weighted by Gasteiger charge is 2.07. The van der Waals surface area contributed by atoms with E-state index >= 15 is 0 Å². The first-order chi connectivity index (χ1) is 7.68. The molecule has 1 atom stereocenters. The predicted molar refractivity (Wildman–Crippen MR) is 72.0 cm³/mol. The topological polar surface area (TPSA) is 17.8 Å². The van der Waals surface area contributed by atoms with Crippen LogP contribution in [0, 0.1) is 0 Å². The summed E-state index contributed by atoms with van der Waals surface area (Å²) in [7, 11) is 2.01. The van der Waals surface area contributed by atoms with E-state index in [9.17, 15) is 0 Å². The standard InChI is InChI=1S/C13H17BrN2/c1-10(14)6-5-8-12-11-7-3-4-9-13(11)16(2)15-12/h3-4,7,9-10H,5-6,8H2,1-2H3. The number of aromatic nitrogens is 2. The minimum absolute atomic E-state index is 0.600. The molecule has 0 bridgehead atoms. The molecule has 0 radical (unpaired) electrons. The summed E-state index contributed by atoms with van der Waals surface area (Å²) in [5.74, 6) is 0. The number of halogens is 1. The summed E-state index contributed by atoms with van der Waals surface area (Å²) in [5, 5.41) is 5.89. The molecule has 0 fully saturated rings. The molecule has 0 aliphatic heterocycles. The van der Waals surface area contributed by atoms with E-state index in [0.717, 1.165) is 6.42 Å². The van der Waals surface area contributed by atoms with E-state index in [2.05, 4.69) is 52.2 Å². The molecule has 2 aromatic rings. The predicted octanol–water partition coefficient (Wildman–Crippen LogP) is 3.68. The van der Waals surface area contributed by atoms with Gasteiger partial charge in [-0.25, -0.2) is 0 Å². The Bertz CT molecular complexity index is 474. The van der Waals surface area contributed by atoms with Crippen LogP contribution in [0.5, 0.6) is 0 Å². The van der Waals surface area contributed by atoms with Crippen molar-refractivity contribution in [3.05, 3.63) is 30.0 Å². The molecule has 2 nitrogen and oxygen atoms in total. The number of aryl methyl sites for hydroxylation is 2.